The highest BCUT2D eigenvalue weighted by Crippen LogP contribution is 2.28. The molecule has 3 aromatic rings. The predicted octanol–water partition coefficient (Wildman–Crippen LogP) is 4.63. The molecule has 2 N–H and O–H groups in total. The fourth-order valence-electron chi connectivity index (χ4n) is 4.66. The first-order valence-corrected chi connectivity index (χ1v) is 11.4. The van der Waals surface area contributed by atoms with E-state index in [0.29, 0.717) is 33.7 Å². The van der Waals surface area contributed by atoms with Crippen LogP contribution in [0.5, 0.6) is 0 Å². The molecule has 1 aliphatic rings. The lowest BCUT2D eigenvalue weighted by atomic mass is 9.97. The number of rotatable bonds is 8. The molecule has 1 saturated heterocycles. The first-order valence-electron chi connectivity index (χ1n) is 11.0. The molecule has 6 nitrogen and oxygen atoms in total. The Hall–Kier alpha value is -3.00. The van der Waals surface area contributed by atoms with Crippen LogP contribution in [0, 0.1) is 11.6 Å². The van der Waals surface area contributed by atoms with E-state index >= 15 is 0 Å². The Kier molecular flexibility index (Phi) is 6.93. The topological polar surface area (TPSA) is 78.1 Å². The number of hydrogen-bond donors (Lipinski definition) is 2. The van der Waals surface area contributed by atoms with Gasteiger partial charge in [-0.05, 0) is 55.9 Å². The van der Waals surface area contributed by atoms with Crippen LogP contribution in [-0.4, -0.2) is 45.3 Å². The van der Waals surface area contributed by atoms with Crippen LogP contribution in [0.25, 0.3) is 11.0 Å². The highest BCUT2D eigenvalue weighted by molar-refractivity contribution is 6.31. The van der Waals surface area contributed by atoms with Gasteiger partial charge in [0.15, 0.2) is 0 Å². The van der Waals surface area contributed by atoms with Crippen molar-refractivity contribution in [1.82, 2.24) is 20.2 Å². The average Bonchev–Trinajstić information content (AvgIpc) is 3.38. The smallest absolute Gasteiger partial charge is 0.268 e. The SMILES string of the molecule is CCC1CCC(CC(Cc2ccc(F)cc2F)NC(=O)c2cc3cc(Cl)cnc3[nH]2)N1C=O. The Labute approximate surface area is 195 Å². The van der Waals surface area contributed by atoms with Crippen molar-refractivity contribution >= 4 is 35.0 Å². The Balaban J connectivity index is 1.56. The molecule has 4 rings (SSSR count). The molecule has 33 heavy (non-hydrogen) atoms. The monoisotopic (exact) mass is 474 g/mol. The Bertz CT molecular complexity index is 1170. The number of H-pyrrole nitrogens is 1. The van der Waals surface area contributed by atoms with Crippen LogP contribution in [0.1, 0.15) is 48.7 Å². The molecule has 1 aliphatic heterocycles. The molecule has 0 bridgehead atoms. The summed E-state index contributed by atoms with van der Waals surface area (Å²) >= 11 is 5.98. The van der Waals surface area contributed by atoms with Crippen LogP contribution in [0.2, 0.25) is 5.02 Å². The van der Waals surface area contributed by atoms with E-state index in [1.54, 1.807) is 17.0 Å². The van der Waals surface area contributed by atoms with Gasteiger partial charge in [0, 0.05) is 35.8 Å². The van der Waals surface area contributed by atoms with E-state index in [0.717, 1.165) is 31.7 Å². The Morgan fingerprint density at radius 3 is 2.82 bits per heavy atom. The zero-order valence-electron chi connectivity index (χ0n) is 18.2. The zero-order valence-corrected chi connectivity index (χ0v) is 18.9. The number of aromatic amines is 1. The van der Waals surface area contributed by atoms with E-state index in [1.807, 2.05) is 6.92 Å². The number of nitrogens with one attached hydrogen (secondary N) is 2. The molecule has 0 spiro atoms. The second kappa shape index (κ2) is 9.87. The number of pyridine rings is 1. The van der Waals surface area contributed by atoms with Crippen LogP contribution in [0.4, 0.5) is 8.78 Å². The van der Waals surface area contributed by atoms with Crippen molar-refractivity contribution in [2.75, 3.05) is 0 Å². The molecule has 2 amide bonds. The van der Waals surface area contributed by atoms with Crippen molar-refractivity contribution in [3.05, 3.63) is 64.4 Å². The second-order valence-electron chi connectivity index (χ2n) is 8.47. The number of aromatic nitrogens is 2. The summed E-state index contributed by atoms with van der Waals surface area (Å²) in [7, 11) is 0. The number of nitrogens with zero attached hydrogens (tertiary/aromatic N) is 2. The van der Waals surface area contributed by atoms with Gasteiger partial charge in [-0.2, -0.15) is 0 Å². The fourth-order valence-corrected chi connectivity index (χ4v) is 4.82. The fraction of sp³-hybridized carbons (Fsp3) is 0.375. The predicted molar refractivity (Wildman–Crippen MR) is 122 cm³/mol. The van der Waals surface area contributed by atoms with Gasteiger partial charge in [-0.15, -0.1) is 0 Å². The summed E-state index contributed by atoms with van der Waals surface area (Å²) in [6.07, 6.45) is 5.52. The third-order valence-electron chi connectivity index (χ3n) is 6.32. The normalized spacial score (nSPS) is 19.1. The quantitative estimate of drug-likeness (QED) is 0.467. The number of halogens is 3. The van der Waals surface area contributed by atoms with Crippen molar-refractivity contribution in [3.8, 4) is 0 Å². The largest absolute Gasteiger partial charge is 0.348 e. The highest BCUT2D eigenvalue weighted by Gasteiger charge is 2.33. The van der Waals surface area contributed by atoms with Gasteiger partial charge in [-0.1, -0.05) is 24.6 Å². The minimum absolute atomic E-state index is 0.0653. The number of carbonyl (C=O) groups excluding carboxylic acids is 2. The van der Waals surface area contributed by atoms with Gasteiger partial charge in [0.2, 0.25) is 6.41 Å². The van der Waals surface area contributed by atoms with E-state index in [9.17, 15) is 18.4 Å². The van der Waals surface area contributed by atoms with Crippen LogP contribution in [-0.2, 0) is 11.2 Å². The zero-order chi connectivity index (χ0) is 23.5. The van der Waals surface area contributed by atoms with Crippen LogP contribution in [0.15, 0.2) is 36.5 Å². The third kappa shape index (κ3) is 5.16. The maximum absolute atomic E-state index is 14.4. The highest BCUT2D eigenvalue weighted by atomic mass is 35.5. The molecule has 0 saturated carbocycles. The average molecular weight is 475 g/mol. The minimum Gasteiger partial charge on any atom is -0.348 e. The molecule has 3 unspecified atom stereocenters. The number of likely N-dealkylation sites (tertiary alicyclic amines) is 1. The summed E-state index contributed by atoms with van der Waals surface area (Å²) in [6, 6.07) is 6.41. The number of amides is 2. The molecule has 2 aromatic heterocycles. The standard InChI is InChI=1S/C24H25ClF2N4O2/c1-2-19-5-6-20(31(19)13-32)11-18(8-14-3-4-17(26)10-21(14)27)29-24(33)22-9-15-7-16(25)12-28-23(15)30-22/h3-4,7,9-10,12-13,18-20H,2,5-6,8,11H2,1H3,(H,28,30)(H,29,33). The summed E-state index contributed by atoms with van der Waals surface area (Å²) in [5.74, 6) is -1.70. The first-order chi connectivity index (χ1) is 15.9. The summed E-state index contributed by atoms with van der Waals surface area (Å²) in [6.45, 7) is 2.03. The molecule has 1 aromatic carbocycles. The van der Waals surface area contributed by atoms with E-state index in [4.69, 9.17) is 11.6 Å². The molecule has 174 valence electrons. The van der Waals surface area contributed by atoms with Gasteiger partial charge in [0.1, 0.15) is 23.0 Å². The first kappa shape index (κ1) is 23.2. The van der Waals surface area contributed by atoms with Crippen molar-refractivity contribution < 1.29 is 18.4 Å². The number of hydrogen-bond acceptors (Lipinski definition) is 3. The van der Waals surface area contributed by atoms with Gasteiger partial charge >= 0.3 is 0 Å². The van der Waals surface area contributed by atoms with Crippen LogP contribution < -0.4 is 5.32 Å². The minimum atomic E-state index is -0.663. The molecule has 3 heterocycles. The van der Waals surface area contributed by atoms with Crippen LogP contribution in [0.3, 0.4) is 0 Å². The maximum Gasteiger partial charge on any atom is 0.268 e. The number of fused-ring (bicyclic) bond motifs is 1. The van der Waals surface area contributed by atoms with Gasteiger partial charge in [-0.3, -0.25) is 9.59 Å². The molecule has 3 atom stereocenters. The molecular weight excluding hydrogens is 450 g/mol. The van der Waals surface area contributed by atoms with Crippen molar-refractivity contribution in [2.24, 2.45) is 0 Å². The van der Waals surface area contributed by atoms with E-state index in [2.05, 4.69) is 15.3 Å². The molecule has 9 heteroatoms. The maximum atomic E-state index is 14.4. The third-order valence-corrected chi connectivity index (χ3v) is 6.53. The summed E-state index contributed by atoms with van der Waals surface area (Å²) in [5.41, 5.74) is 1.13. The van der Waals surface area contributed by atoms with Gasteiger partial charge in [0.25, 0.3) is 5.91 Å². The second-order valence-corrected chi connectivity index (χ2v) is 8.90. The van der Waals surface area contributed by atoms with E-state index in [-0.39, 0.29) is 24.4 Å². The Morgan fingerprint density at radius 2 is 2.09 bits per heavy atom. The van der Waals surface area contributed by atoms with Gasteiger partial charge in [-0.25, -0.2) is 13.8 Å². The van der Waals surface area contributed by atoms with Crippen molar-refractivity contribution in [2.45, 2.75) is 57.2 Å². The lowest BCUT2D eigenvalue weighted by Gasteiger charge is -2.29. The lowest BCUT2D eigenvalue weighted by Crippen LogP contribution is -2.43. The van der Waals surface area contributed by atoms with Gasteiger partial charge < -0.3 is 15.2 Å². The summed E-state index contributed by atoms with van der Waals surface area (Å²) in [5, 5.41) is 4.12. The summed E-state index contributed by atoms with van der Waals surface area (Å²) < 4.78 is 27.8. The van der Waals surface area contributed by atoms with Crippen LogP contribution >= 0.6 is 11.6 Å². The van der Waals surface area contributed by atoms with E-state index in [1.165, 1.54) is 18.3 Å². The molecule has 0 radical (unpaired) electrons. The summed E-state index contributed by atoms with van der Waals surface area (Å²) in [4.78, 5) is 33.7. The van der Waals surface area contributed by atoms with Crippen molar-refractivity contribution in [3.63, 3.8) is 0 Å². The Morgan fingerprint density at radius 1 is 1.30 bits per heavy atom. The van der Waals surface area contributed by atoms with E-state index < -0.39 is 17.7 Å². The molecular formula is C24H25ClF2N4O2. The van der Waals surface area contributed by atoms with Crippen molar-refractivity contribution in [1.29, 1.82) is 0 Å². The number of carbonyl (C=O) groups is 2. The molecule has 0 aliphatic carbocycles. The number of benzene rings is 1. The lowest BCUT2D eigenvalue weighted by molar-refractivity contribution is -0.120. The molecule has 1 fully saturated rings. The van der Waals surface area contributed by atoms with Gasteiger partial charge in [0.05, 0.1) is 5.02 Å².